The Morgan fingerprint density at radius 3 is 2.27 bits per heavy atom. The molecule has 4 aromatic carbocycles. The summed E-state index contributed by atoms with van der Waals surface area (Å²) >= 11 is 1.39. The zero-order valence-corrected chi connectivity index (χ0v) is 25.3. The lowest BCUT2D eigenvalue weighted by Crippen LogP contribution is -2.30. The highest BCUT2D eigenvalue weighted by Gasteiger charge is 2.20. The molecule has 0 heterocycles. The fraction of sp³-hybridized carbons (Fsp3) is 0.147. The first-order valence-corrected chi connectivity index (χ1v) is 14.8. The number of hydrogen-bond acceptors (Lipinski definition) is 6. The lowest BCUT2D eigenvalue weighted by molar-refractivity contribution is -0.384. The maximum atomic E-state index is 13.4. The molecule has 9 nitrogen and oxygen atoms in total. The molecule has 0 aliphatic rings. The van der Waals surface area contributed by atoms with E-state index in [1.54, 1.807) is 48.5 Å². The molecule has 0 bridgehead atoms. The van der Waals surface area contributed by atoms with Gasteiger partial charge in [0.2, 0.25) is 5.91 Å². The summed E-state index contributed by atoms with van der Waals surface area (Å²) in [6.07, 6.45) is 2.04. The number of nitro groups is 1. The van der Waals surface area contributed by atoms with E-state index in [2.05, 4.69) is 16.0 Å². The zero-order chi connectivity index (χ0) is 31.6. The van der Waals surface area contributed by atoms with Crippen LogP contribution in [0.1, 0.15) is 40.4 Å². The Hall–Kier alpha value is -5.22. The first-order chi connectivity index (χ1) is 21.1. The maximum Gasteiger partial charge on any atom is 0.272 e. The van der Waals surface area contributed by atoms with E-state index in [0.717, 1.165) is 21.7 Å². The van der Waals surface area contributed by atoms with Gasteiger partial charge in [-0.1, -0.05) is 43.3 Å². The molecule has 1 unspecified atom stereocenters. The van der Waals surface area contributed by atoms with Crippen LogP contribution in [0.25, 0.3) is 6.08 Å². The van der Waals surface area contributed by atoms with Gasteiger partial charge in [0.1, 0.15) is 5.70 Å². The van der Waals surface area contributed by atoms with Crippen LogP contribution in [-0.2, 0) is 9.59 Å². The van der Waals surface area contributed by atoms with Gasteiger partial charge in [-0.3, -0.25) is 24.5 Å². The number of anilines is 2. The number of non-ortho nitro benzene ring substituents is 1. The highest BCUT2D eigenvalue weighted by Crippen LogP contribution is 2.29. The van der Waals surface area contributed by atoms with Crippen LogP contribution in [0.5, 0.6) is 0 Å². The van der Waals surface area contributed by atoms with Crippen LogP contribution in [0.15, 0.2) is 108 Å². The summed E-state index contributed by atoms with van der Waals surface area (Å²) in [5.41, 5.74) is 4.05. The summed E-state index contributed by atoms with van der Waals surface area (Å²) in [7, 11) is 0. The Morgan fingerprint density at radius 2 is 1.59 bits per heavy atom. The zero-order valence-electron chi connectivity index (χ0n) is 24.5. The number of aryl methyl sites for hydroxylation is 1. The van der Waals surface area contributed by atoms with Gasteiger partial charge in [0.05, 0.1) is 10.2 Å². The number of amides is 3. The van der Waals surface area contributed by atoms with E-state index in [0.29, 0.717) is 23.2 Å². The average Bonchev–Trinajstić information content (AvgIpc) is 3.02. The van der Waals surface area contributed by atoms with Crippen molar-refractivity contribution in [2.75, 3.05) is 10.6 Å². The third kappa shape index (κ3) is 8.42. The quantitative estimate of drug-likeness (QED) is 0.0719. The van der Waals surface area contributed by atoms with Crippen molar-refractivity contribution in [3.05, 3.63) is 135 Å². The van der Waals surface area contributed by atoms with Gasteiger partial charge in [0.15, 0.2) is 0 Å². The second kappa shape index (κ2) is 14.8. The van der Waals surface area contributed by atoms with E-state index < -0.39 is 16.7 Å². The molecule has 3 amide bonds. The van der Waals surface area contributed by atoms with Crippen molar-refractivity contribution in [2.24, 2.45) is 0 Å². The van der Waals surface area contributed by atoms with Crippen molar-refractivity contribution in [2.45, 2.75) is 37.3 Å². The van der Waals surface area contributed by atoms with Crippen molar-refractivity contribution < 1.29 is 19.3 Å². The van der Waals surface area contributed by atoms with Crippen LogP contribution in [-0.4, -0.2) is 27.9 Å². The fourth-order valence-corrected chi connectivity index (χ4v) is 5.25. The third-order valence-corrected chi connectivity index (χ3v) is 8.20. The maximum absolute atomic E-state index is 13.4. The number of thioether (sulfide) groups is 1. The second-order valence-electron chi connectivity index (χ2n) is 9.96. The molecular weight excluding hydrogens is 576 g/mol. The topological polar surface area (TPSA) is 130 Å². The van der Waals surface area contributed by atoms with Crippen molar-refractivity contribution in [1.29, 1.82) is 0 Å². The average molecular weight is 609 g/mol. The fourth-order valence-electron chi connectivity index (χ4n) is 4.23. The summed E-state index contributed by atoms with van der Waals surface area (Å²) < 4.78 is 0. The predicted octanol–water partition coefficient (Wildman–Crippen LogP) is 7.13. The molecule has 0 aliphatic heterocycles. The Kier molecular flexibility index (Phi) is 10.7. The molecule has 0 aliphatic carbocycles. The molecule has 10 heteroatoms. The highest BCUT2D eigenvalue weighted by molar-refractivity contribution is 8.00. The van der Waals surface area contributed by atoms with E-state index in [9.17, 15) is 24.5 Å². The molecule has 3 N–H and O–H groups in total. The Morgan fingerprint density at radius 1 is 0.886 bits per heavy atom. The molecule has 44 heavy (non-hydrogen) atoms. The minimum absolute atomic E-state index is 0.0508. The molecule has 0 spiro atoms. The number of benzene rings is 4. The molecule has 1 atom stereocenters. The number of nitrogens with one attached hydrogen (secondary N) is 3. The van der Waals surface area contributed by atoms with Gasteiger partial charge < -0.3 is 16.0 Å². The normalized spacial score (nSPS) is 11.8. The summed E-state index contributed by atoms with van der Waals surface area (Å²) in [6, 6.07) is 27.0. The number of nitrogens with zero attached hydrogens (tertiary/aromatic N) is 1. The number of rotatable bonds is 11. The SMILES string of the molecule is CCC(Sc1cccc(NC(=O)/C(=C\c2ccc([N+](=O)[O-])cc2)NC(=O)c2ccccc2)c1)C(=O)Nc1cccc(C)c1C. The monoisotopic (exact) mass is 608 g/mol. The van der Waals surface area contributed by atoms with Gasteiger partial charge in [-0.05, 0) is 91.6 Å². The lowest BCUT2D eigenvalue weighted by Gasteiger charge is -2.17. The number of hydrogen-bond donors (Lipinski definition) is 3. The second-order valence-corrected chi connectivity index (χ2v) is 11.2. The van der Waals surface area contributed by atoms with Crippen LogP contribution in [0.2, 0.25) is 0 Å². The minimum atomic E-state index is -0.588. The van der Waals surface area contributed by atoms with Crippen molar-refractivity contribution in [3.8, 4) is 0 Å². The summed E-state index contributed by atoms with van der Waals surface area (Å²) in [5, 5.41) is 19.2. The lowest BCUT2D eigenvalue weighted by atomic mass is 10.1. The van der Waals surface area contributed by atoms with Gasteiger partial charge in [-0.2, -0.15) is 0 Å². The Balaban J connectivity index is 1.52. The van der Waals surface area contributed by atoms with E-state index in [4.69, 9.17) is 0 Å². The molecule has 0 fully saturated rings. The highest BCUT2D eigenvalue weighted by atomic mass is 32.2. The molecule has 4 aromatic rings. The van der Waals surface area contributed by atoms with Crippen molar-refractivity contribution in [3.63, 3.8) is 0 Å². The van der Waals surface area contributed by atoms with E-state index in [-0.39, 0.29) is 22.5 Å². The van der Waals surface area contributed by atoms with E-state index in [1.165, 1.54) is 42.1 Å². The van der Waals surface area contributed by atoms with Crippen LogP contribution in [0.3, 0.4) is 0 Å². The Bertz CT molecular complexity index is 1700. The smallest absolute Gasteiger partial charge is 0.272 e. The predicted molar refractivity (Wildman–Crippen MR) is 175 cm³/mol. The number of nitro benzene ring substituents is 1. The molecule has 0 saturated carbocycles. The number of carbonyl (C=O) groups excluding carboxylic acids is 3. The molecule has 0 saturated heterocycles. The molecule has 224 valence electrons. The first kappa shape index (κ1) is 31.7. The first-order valence-electron chi connectivity index (χ1n) is 13.9. The van der Waals surface area contributed by atoms with E-state index in [1.807, 2.05) is 45.0 Å². The van der Waals surface area contributed by atoms with Gasteiger partial charge in [-0.25, -0.2) is 0 Å². The minimum Gasteiger partial charge on any atom is -0.325 e. The van der Waals surface area contributed by atoms with Crippen LogP contribution < -0.4 is 16.0 Å². The number of carbonyl (C=O) groups is 3. The van der Waals surface area contributed by atoms with Crippen LogP contribution in [0.4, 0.5) is 17.1 Å². The van der Waals surface area contributed by atoms with Gasteiger partial charge in [0, 0.05) is 34.0 Å². The summed E-state index contributed by atoms with van der Waals surface area (Å²) in [5.74, 6) is -1.19. The molecular formula is C34H32N4O5S. The summed E-state index contributed by atoms with van der Waals surface area (Å²) in [4.78, 5) is 50.8. The molecule has 0 aromatic heterocycles. The van der Waals surface area contributed by atoms with Gasteiger partial charge in [0.25, 0.3) is 17.5 Å². The molecule has 4 rings (SSSR count). The summed E-state index contributed by atoms with van der Waals surface area (Å²) in [6.45, 7) is 5.91. The van der Waals surface area contributed by atoms with Crippen molar-refractivity contribution >= 4 is 52.6 Å². The standard InChI is InChI=1S/C34H32N4O5S/c1-4-31(34(41)36-29-15-8-10-22(2)23(29)3)44-28-14-9-13-26(21-28)35-33(40)30(37-32(39)25-11-6-5-7-12-25)20-24-16-18-27(19-17-24)38(42)43/h5-21,31H,4H2,1-3H3,(H,35,40)(H,36,41)(H,37,39)/b30-20+. The molecule has 0 radical (unpaired) electrons. The Labute approximate surface area is 259 Å². The largest absolute Gasteiger partial charge is 0.325 e. The van der Waals surface area contributed by atoms with Crippen LogP contribution >= 0.6 is 11.8 Å². The third-order valence-electron chi connectivity index (χ3n) is 6.84. The van der Waals surface area contributed by atoms with E-state index >= 15 is 0 Å². The van der Waals surface area contributed by atoms with Gasteiger partial charge in [-0.15, -0.1) is 11.8 Å². The van der Waals surface area contributed by atoms with Gasteiger partial charge >= 0.3 is 0 Å². The van der Waals surface area contributed by atoms with Crippen molar-refractivity contribution in [1.82, 2.24) is 5.32 Å². The van der Waals surface area contributed by atoms with Crippen LogP contribution in [0, 0.1) is 24.0 Å².